The highest BCUT2D eigenvalue weighted by Gasteiger charge is 2.19. The Kier molecular flexibility index (Phi) is 5.31. The minimum atomic E-state index is -0.278. The third-order valence-electron chi connectivity index (χ3n) is 4.98. The van der Waals surface area contributed by atoms with E-state index in [9.17, 15) is 9.59 Å². The molecule has 0 unspecified atom stereocenters. The molecule has 1 aromatic carbocycles. The van der Waals surface area contributed by atoms with E-state index in [4.69, 9.17) is 0 Å². The number of hydrogen-bond acceptors (Lipinski definition) is 5. The molecule has 2 heterocycles. The number of rotatable bonds is 6. The highest BCUT2D eigenvalue weighted by atomic mass is 16.2. The number of carbonyl (C=O) groups is 2. The quantitative estimate of drug-likeness (QED) is 0.599. The molecule has 2 amide bonds. The van der Waals surface area contributed by atoms with Gasteiger partial charge < -0.3 is 10.6 Å². The lowest BCUT2D eigenvalue weighted by Crippen LogP contribution is -2.36. The predicted octanol–water partition coefficient (Wildman–Crippen LogP) is 1.53. The maximum absolute atomic E-state index is 12.2. The van der Waals surface area contributed by atoms with Gasteiger partial charge in [-0.1, -0.05) is 25.3 Å². The first-order valence-electron chi connectivity index (χ1n) is 9.56. The molecule has 1 fully saturated rings. The van der Waals surface area contributed by atoms with Crippen LogP contribution in [0.15, 0.2) is 30.7 Å². The number of carbonyl (C=O) groups excluding carboxylic acids is 2. The lowest BCUT2D eigenvalue weighted by atomic mass is 9.95. The number of aromatic nitrogens is 5. The van der Waals surface area contributed by atoms with Gasteiger partial charge in [-0.25, -0.2) is 9.67 Å². The third kappa shape index (κ3) is 4.36. The van der Waals surface area contributed by atoms with Gasteiger partial charge >= 0.3 is 0 Å². The first-order chi connectivity index (χ1) is 13.7. The molecule has 3 N–H and O–H groups in total. The summed E-state index contributed by atoms with van der Waals surface area (Å²) in [6.07, 6.45) is 8.66. The van der Waals surface area contributed by atoms with E-state index in [2.05, 4.69) is 30.9 Å². The van der Waals surface area contributed by atoms with E-state index in [1.165, 1.54) is 17.4 Å². The molecule has 0 saturated heterocycles. The molecule has 9 nitrogen and oxygen atoms in total. The molecule has 4 rings (SSSR count). The van der Waals surface area contributed by atoms with Gasteiger partial charge in [0.25, 0.3) is 5.91 Å². The first kappa shape index (κ1) is 18.1. The Labute approximate surface area is 161 Å². The SMILES string of the molecule is O=C(Cn1cnc(C(=O)NC2CCCCC2)n1)NCc1ccc2[nH]ncc2c1. The van der Waals surface area contributed by atoms with Crippen molar-refractivity contribution in [3.8, 4) is 0 Å². The van der Waals surface area contributed by atoms with Crippen LogP contribution in [0, 0.1) is 0 Å². The molecule has 2 aromatic heterocycles. The van der Waals surface area contributed by atoms with Gasteiger partial charge in [-0.3, -0.25) is 14.7 Å². The maximum Gasteiger partial charge on any atom is 0.291 e. The Morgan fingerprint density at radius 2 is 2.07 bits per heavy atom. The highest BCUT2D eigenvalue weighted by molar-refractivity contribution is 5.90. The number of nitrogens with zero attached hydrogens (tertiary/aromatic N) is 4. The first-order valence-corrected chi connectivity index (χ1v) is 9.56. The lowest BCUT2D eigenvalue weighted by Gasteiger charge is -2.21. The Morgan fingerprint density at radius 3 is 2.93 bits per heavy atom. The van der Waals surface area contributed by atoms with Crippen molar-refractivity contribution in [2.45, 2.75) is 51.2 Å². The van der Waals surface area contributed by atoms with E-state index in [1.54, 1.807) is 6.20 Å². The average molecular weight is 381 g/mol. The number of H-pyrrole nitrogens is 1. The zero-order valence-corrected chi connectivity index (χ0v) is 15.5. The van der Waals surface area contributed by atoms with Crippen LogP contribution in [0.2, 0.25) is 0 Å². The van der Waals surface area contributed by atoms with Crippen molar-refractivity contribution in [3.63, 3.8) is 0 Å². The van der Waals surface area contributed by atoms with Crippen LogP contribution in [-0.4, -0.2) is 42.8 Å². The lowest BCUT2D eigenvalue weighted by molar-refractivity contribution is -0.122. The molecule has 1 saturated carbocycles. The minimum Gasteiger partial charge on any atom is -0.350 e. The van der Waals surface area contributed by atoms with Crippen LogP contribution in [0.25, 0.3) is 10.9 Å². The molecule has 1 aliphatic rings. The van der Waals surface area contributed by atoms with Crippen LogP contribution < -0.4 is 10.6 Å². The molecule has 0 spiro atoms. The average Bonchev–Trinajstić information content (AvgIpc) is 3.36. The van der Waals surface area contributed by atoms with Crippen LogP contribution in [0.4, 0.5) is 0 Å². The van der Waals surface area contributed by atoms with Crippen LogP contribution in [0.1, 0.15) is 48.3 Å². The van der Waals surface area contributed by atoms with E-state index < -0.39 is 0 Å². The number of fused-ring (bicyclic) bond motifs is 1. The minimum absolute atomic E-state index is 0.0116. The second kappa shape index (κ2) is 8.20. The molecule has 0 radical (unpaired) electrons. The van der Waals surface area contributed by atoms with Crippen LogP contribution in [-0.2, 0) is 17.9 Å². The van der Waals surface area contributed by atoms with Crippen LogP contribution in [0.3, 0.4) is 0 Å². The monoisotopic (exact) mass is 381 g/mol. The third-order valence-corrected chi connectivity index (χ3v) is 4.98. The zero-order chi connectivity index (χ0) is 19.3. The van der Waals surface area contributed by atoms with Crippen molar-refractivity contribution in [2.75, 3.05) is 0 Å². The summed E-state index contributed by atoms with van der Waals surface area (Å²) in [7, 11) is 0. The Morgan fingerprint density at radius 1 is 1.21 bits per heavy atom. The molecule has 0 bridgehead atoms. The summed E-state index contributed by atoms with van der Waals surface area (Å²) < 4.78 is 1.38. The standard InChI is InChI=1S/C19H23N7O2/c27-17(20-9-13-6-7-16-14(8-13)10-22-24-16)11-26-12-21-18(25-26)19(28)23-15-4-2-1-3-5-15/h6-8,10,12,15H,1-5,9,11H2,(H,20,27)(H,22,24)(H,23,28). The Hall–Kier alpha value is -3.23. The fourth-order valence-corrected chi connectivity index (χ4v) is 3.48. The van der Waals surface area contributed by atoms with Crippen molar-refractivity contribution < 1.29 is 9.59 Å². The molecular formula is C19H23N7O2. The van der Waals surface area contributed by atoms with Crippen molar-refractivity contribution in [3.05, 3.63) is 42.1 Å². The van der Waals surface area contributed by atoms with Gasteiger partial charge in [-0.2, -0.15) is 5.10 Å². The van der Waals surface area contributed by atoms with Crippen LogP contribution in [0.5, 0.6) is 0 Å². The zero-order valence-electron chi connectivity index (χ0n) is 15.5. The maximum atomic E-state index is 12.2. The molecule has 0 aliphatic heterocycles. The fourth-order valence-electron chi connectivity index (χ4n) is 3.48. The Bertz CT molecular complexity index is 971. The molecule has 146 valence electrons. The number of nitrogens with one attached hydrogen (secondary N) is 3. The van der Waals surface area contributed by atoms with Gasteiger partial charge in [0, 0.05) is 18.0 Å². The normalized spacial score (nSPS) is 14.9. The summed E-state index contributed by atoms with van der Waals surface area (Å²) in [4.78, 5) is 28.5. The second-order valence-electron chi connectivity index (χ2n) is 7.14. The van der Waals surface area contributed by atoms with Crippen molar-refractivity contribution in [2.24, 2.45) is 0 Å². The summed E-state index contributed by atoms with van der Waals surface area (Å²) in [6.45, 7) is 0.418. The molecular weight excluding hydrogens is 358 g/mol. The fraction of sp³-hybridized carbons (Fsp3) is 0.421. The van der Waals surface area contributed by atoms with Crippen molar-refractivity contribution >= 4 is 22.7 Å². The van der Waals surface area contributed by atoms with Gasteiger partial charge in [-0.05, 0) is 30.5 Å². The molecule has 1 aliphatic carbocycles. The molecule has 0 atom stereocenters. The van der Waals surface area contributed by atoms with Gasteiger partial charge in [0.05, 0.1) is 11.7 Å². The van der Waals surface area contributed by atoms with Crippen molar-refractivity contribution in [1.29, 1.82) is 0 Å². The predicted molar refractivity (Wildman–Crippen MR) is 102 cm³/mol. The van der Waals surface area contributed by atoms with Gasteiger partial charge in [-0.15, -0.1) is 5.10 Å². The second-order valence-corrected chi connectivity index (χ2v) is 7.14. The van der Waals surface area contributed by atoms with Crippen molar-refractivity contribution in [1.82, 2.24) is 35.6 Å². The van der Waals surface area contributed by atoms with E-state index in [0.717, 1.165) is 42.1 Å². The summed E-state index contributed by atoms with van der Waals surface area (Å²) in [6, 6.07) is 6.04. The summed E-state index contributed by atoms with van der Waals surface area (Å²) in [5.74, 6) is -0.375. The van der Waals surface area contributed by atoms with Gasteiger partial charge in [0.2, 0.25) is 11.7 Å². The number of hydrogen-bond donors (Lipinski definition) is 3. The van der Waals surface area contributed by atoms with Gasteiger partial charge in [0.15, 0.2) is 0 Å². The number of amides is 2. The molecule has 9 heteroatoms. The summed E-state index contributed by atoms with van der Waals surface area (Å²) in [5, 5.41) is 17.8. The van der Waals surface area contributed by atoms with E-state index in [1.807, 2.05) is 18.2 Å². The summed E-state index contributed by atoms with van der Waals surface area (Å²) in [5.41, 5.74) is 1.94. The van der Waals surface area contributed by atoms with E-state index >= 15 is 0 Å². The molecule has 3 aromatic rings. The smallest absolute Gasteiger partial charge is 0.291 e. The Balaban J connectivity index is 1.27. The number of benzene rings is 1. The van der Waals surface area contributed by atoms with E-state index in [0.29, 0.717) is 6.54 Å². The van der Waals surface area contributed by atoms with E-state index in [-0.39, 0.29) is 30.2 Å². The largest absolute Gasteiger partial charge is 0.350 e. The topological polar surface area (TPSA) is 118 Å². The summed E-state index contributed by atoms with van der Waals surface area (Å²) >= 11 is 0. The highest BCUT2D eigenvalue weighted by Crippen LogP contribution is 2.17. The molecule has 28 heavy (non-hydrogen) atoms. The van der Waals surface area contributed by atoms with Gasteiger partial charge in [0.1, 0.15) is 12.9 Å². The number of aromatic amines is 1. The van der Waals surface area contributed by atoms with Crippen LogP contribution >= 0.6 is 0 Å².